The Hall–Kier alpha value is -1.29. The van der Waals surface area contributed by atoms with E-state index in [0.717, 1.165) is 25.0 Å². The van der Waals surface area contributed by atoms with E-state index < -0.39 is 0 Å². The molecule has 2 rings (SSSR count). The largest absolute Gasteiger partial charge is 0.464 e. The molecule has 1 saturated carbocycles. The van der Waals surface area contributed by atoms with Crippen LogP contribution in [0.15, 0.2) is 12.1 Å². The summed E-state index contributed by atoms with van der Waals surface area (Å²) in [5.74, 6) is -0.317. The van der Waals surface area contributed by atoms with E-state index in [1.807, 2.05) is 17.7 Å². The first-order valence-electron chi connectivity index (χ1n) is 5.46. The molecule has 16 heavy (non-hydrogen) atoms. The van der Waals surface area contributed by atoms with Crippen molar-refractivity contribution >= 4 is 5.97 Å². The second-order valence-electron chi connectivity index (χ2n) is 4.60. The molecule has 0 unspecified atom stereocenters. The molecule has 1 aromatic heterocycles. The third kappa shape index (κ3) is 1.85. The summed E-state index contributed by atoms with van der Waals surface area (Å²) in [6.07, 6.45) is 2.97. The number of methoxy groups -OCH3 is 1. The lowest BCUT2D eigenvalue weighted by atomic mass is 10.0. The van der Waals surface area contributed by atoms with Crippen LogP contribution in [0.25, 0.3) is 0 Å². The fraction of sp³-hybridized carbons (Fsp3) is 0.583. The Morgan fingerprint density at radius 1 is 1.56 bits per heavy atom. The average Bonchev–Trinajstić information content (AvgIpc) is 2.99. The number of nitrogens with zero attached hydrogens (tertiary/aromatic N) is 1. The molecular formula is C12H17NO3. The van der Waals surface area contributed by atoms with Crippen LogP contribution in [0, 0.1) is 5.41 Å². The molecule has 0 atom stereocenters. The van der Waals surface area contributed by atoms with Gasteiger partial charge in [0.2, 0.25) is 0 Å². The Kier molecular flexibility index (Phi) is 2.76. The number of hydrogen-bond donors (Lipinski definition) is 1. The summed E-state index contributed by atoms with van der Waals surface area (Å²) in [4.78, 5) is 11.4. The van der Waals surface area contributed by atoms with Crippen molar-refractivity contribution < 1.29 is 14.6 Å². The molecule has 0 saturated heterocycles. The number of rotatable bonds is 4. The van der Waals surface area contributed by atoms with Crippen LogP contribution in [0.3, 0.4) is 0 Å². The summed E-state index contributed by atoms with van der Waals surface area (Å²) in [6.45, 7) is 0.228. The molecule has 1 aromatic rings. The van der Waals surface area contributed by atoms with Gasteiger partial charge in [-0.15, -0.1) is 0 Å². The minimum Gasteiger partial charge on any atom is -0.464 e. The Morgan fingerprint density at radius 2 is 2.25 bits per heavy atom. The molecule has 0 amide bonds. The highest BCUT2D eigenvalue weighted by Gasteiger charge is 2.42. The Labute approximate surface area is 94.8 Å². The van der Waals surface area contributed by atoms with Crippen LogP contribution in [0.1, 0.15) is 29.0 Å². The quantitative estimate of drug-likeness (QED) is 0.778. The van der Waals surface area contributed by atoms with E-state index in [4.69, 9.17) is 4.74 Å². The van der Waals surface area contributed by atoms with Gasteiger partial charge in [0.05, 0.1) is 7.11 Å². The van der Waals surface area contributed by atoms with Crippen molar-refractivity contribution in [2.75, 3.05) is 13.7 Å². The lowest BCUT2D eigenvalue weighted by Gasteiger charge is -2.12. The van der Waals surface area contributed by atoms with Gasteiger partial charge in [0, 0.05) is 19.3 Å². The lowest BCUT2D eigenvalue weighted by Crippen LogP contribution is -2.15. The van der Waals surface area contributed by atoms with E-state index in [-0.39, 0.29) is 18.0 Å². The summed E-state index contributed by atoms with van der Waals surface area (Å²) >= 11 is 0. The van der Waals surface area contributed by atoms with Gasteiger partial charge in [-0.25, -0.2) is 4.79 Å². The van der Waals surface area contributed by atoms with Crippen LogP contribution in [0.5, 0.6) is 0 Å². The highest BCUT2D eigenvalue weighted by atomic mass is 16.5. The monoisotopic (exact) mass is 223 g/mol. The van der Waals surface area contributed by atoms with Crippen molar-refractivity contribution in [1.82, 2.24) is 4.57 Å². The highest BCUT2D eigenvalue weighted by molar-refractivity contribution is 5.87. The predicted molar refractivity (Wildman–Crippen MR) is 59.2 cm³/mol. The van der Waals surface area contributed by atoms with E-state index in [9.17, 15) is 9.90 Å². The first-order valence-corrected chi connectivity index (χ1v) is 5.46. The molecule has 0 spiro atoms. The van der Waals surface area contributed by atoms with Gasteiger partial charge in [0.1, 0.15) is 5.69 Å². The summed E-state index contributed by atoms with van der Waals surface area (Å²) < 4.78 is 6.54. The first kappa shape index (κ1) is 11.2. The smallest absolute Gasteiger partial charge is 0.354 e. The van der Waals surface area contributed by atoms with Crippen LogP contribution in [0.2, 0.25) is 0 Å². The van der Waals surface area contributed by atoms with Crippen LogP contribution < -0.4 is 0 Å². The predicted octanol–water partition coefficient (Wildman–Crippen LogP) is 1.13. The number of carbonyl (C=O) groups excluding carboxylic acids is 1. The summed E-state index contributed by atoms with van der Waals surface area (Å²) in [6, 6.07) is 3.70. The number of aliphatic hydroxyl groups is 1. The SMILES string of the molecule is COC(=O)c1ccc(CC2(CO)CC2)n1C. The molecule has 1 aliphatic carbocycles. The molecule has 4 nitrogen and oxygen atoms in total. The standard InChI is InChI=1S/C12H17NO3/c1-13-9(7-12(8-14)5-6-12)3-4-10(13)11(15)16-2/h3-4,14H,5-8H2,1-2H3. The number of carbonyl (C=O) groups is 1. The van der Waals surface area contributed by atoms with E-state index >= 15 is 0 Å². The maximum Gasteiger partial charge on any atom is 0.354 e. The molecule has 0 aromatic carbocycles. The Balaban J connectivity index is 2.17. The molecule has 1 heterocycles. The van der Waals surface area contributed by atoms with Crippen molar-refractivity contribution in [3.05, 3.63) is 23.5 Å². The minimum absolute atomic E-state index is 0.0690. The van der Waals surface area contributed by atoms with E-state index in [1.54, 1.807) is 6.07 Å². The first-order chi connectivity index (χ1) is 7.62. The van der Waals surface area contributed by atoms with Gasteiger partial charge in [-0.2, -0.15) is 0 Å². The normalized spacial score (nSPS) is 17.2. The van der Waals surface area contributed by atoms with Crippen molar-refractivity contribution in [1.29, 1.82) is 0 Å². The van der Waals surface area contributed by atoms with Gasteiger partial charge >= 0.3 is 5.97 Å². The zero-order valence-electron chi connectivity index (χ0n) is 9.69. The maximum atomic E-state index is 11.4. The van der Waals surface area contributed by atoms with Crippen LogP contribution in [-0.4, -0.2) is 29.4 Å². The molecule has 4 heteroatoms. The van der Waals surface area contributed by atoms with Crippen LogP contribution >= 0.6 is 0 Å². The molecule has 1 fully saturated rings. The van der Waals surface area contributed by atoms with Crippen molar-refractivity contribution in [3.63, 3.8) is 0 Å². The van der Waals surface area contributed by atoms with Crippen molar-refractivity contribution in [2.45, 2.75) is 19.3 Å². The average molecular weight is 223 g/mol. The summed E-state index contributed by atoms with van der Waals surface area (Å²) in [5, 5.41) is 9.27. The number of ether oxygens (including phenoxy) is 1. The molecule has 0 radical (unpaired) electrons. The summed E-state index contributed by atoms with van der Waals surface area (Å²) in [5.41, 5.74) is 1.71. The topological polar surface area (TPSA) is 51.5 Å². The van der Waals surface area contributed by atoms with Gasteiger partial charge in [0.15, 0.2) is 0 Å². The van der Waals surface area contributed by atoms with Gasteiger partial charge in [0.25, 0.3) is 0 Å². The van der Waals surface area contributed by atoms with Gasteiger partial charge < -0.3 is 14.4 Å². The number of esters is 1. The maximum absolute atomic E-state index is 11.4. The van der Waals surface area contributed by atoms with E-state index in [1.165, 1.54) is 7.11 Å². The second-order valence-corrected chi connectivity index (χ2v) is 4.60. The van der Waals surface area contributed by atoms with Gasteiger partial charge in [-0.1, -0.05) is 0 Å². The summed E-state index contributed by atoms with van der Waals surface area (Å²) in [7, 11) is 3.24. The lowest BCUT2D eigenvalue weighted by molar-refractivity contribution is 0.0589. The molecule has 0 aliphatic heterocycles. The highest BCUT2D eigenvalue weighted by Crippen LogP contribution is 2.47. The second kappa shape index (κ2) is 3.94. The zero-order chi connectivity index (χ0) is 11.8. The third-order valence-corrected chi connectivity index (χ3v) is 3.47. The van der Waals surface area contributed by atoms with Crippen molar-refractivity contribution in [2.24, 2.45) is 12.5 Å². The molecule has 1 N–H and O–H groups in total. The Bertz CT molecular complexity index is 404. The zero-order valence-corrected chi connectivity index (χ0v) is 9.69. The van der Waals surface area contributed by atoms with Gasteiger partial charge in [-0.3, -0.25) is 0 Å². The Morgan fingerprint density at radius 3 is 2.75 bits per heavy atom. The fourth-order valence-corrected chi connectivity index (χ4v) is 1.99. The van der Waals surface area contributed by atoms with Crippen molar-refractivity contribution in [3.8, 4) is 0 Å². The number of aliphatic hydroxyl groups excluding tert-OH is 1. The van der Waals surface area contributed by atoms with Crippen LogP contribution in [-0.2, 0) is 18.2 Å². The third-order valence-electron chi connectivity index (χ3n) is 3.47. The molecular weight excluding hydrogens is 206 g/mol. The fourth-order valence-electron chi connectivity index (χ4n) is 1.99. The van der Waals surface area contributed by atoms with E-state index in [2.05, 4.69) is 0 Å². The van der Waals surface area contributed by atoms with E-state index in [0.29, 0.717) is 5.69 Å². The van der Waals surface area contributed by atoms with Crippen LogP contribution in [0.4, 0.5) is 0 Å². The minimum atomic E-state index is -0.317. The number of aromatic nitrogens is 1. The van der Waals surface area contributed by atoms with Gasteiger partial charge in [-0.05, 0) is 36.8 Å². The molecule has 0 bridgehead atoms. The number of hydrogen-bond acceptors (Lipinski definition) is 3. The molecule has 1 aliphatic rings. The molecule has 88 valence electrons.